The summed E-state index contributed by atoms with van der Waals surface area (Å²) in [5.41, 5.74) is 0.993. The first-order chi connectivity index (χ1) is 12.8. The molecule has 0 saturated carbocycles. The highest BCUT2D eigenvalue weighted by molar-refractivity contribution is 9.10. The molecule has 9 heteroatoms. The number of anilines is 1. The monoisotopic (exact) mass is 448 g/mol. The Morgan fingerprint density at radius 1 is 1.37 bits per heavy atom. The molecule has 0 atom stereocenters. The van der Waals surface area contributed by atoms with Gasteiger partial charge in [-0.05, 0) is 43.7 Å². The predicted octanol–water partition coefficient (Wildman–Crippen LogP) is 3.11. The van der Waals surface area contributed by atoms with Crippen LogP contribution in [0.25, 0.3) is 10.2 Å². The molecule has 0 saturated heterocycles. The lowest BCUT2D eigenvalue weighted by molar-refractivity contribution is -0.117. The summed E-state index contributed by atoms with van der Waals surface area (Å²) < 4.78 is 7.85. The Balaban J connectivity index is 1.63. The van der Waals surface area contributed by atoms with Crippen molar-refractivity contribution in [3.63, 3.8) is 0 Å². The van der Waals surface area contributed by atoms with Gasteiger partial charge in [0.2, 0.25) is 5.91 Å². The molecule has 0 spiro atoms. The molecular formula is C18H17BrN4O3S. The van der Waals surface area contributed by atoms with E-state index in [2.05, 4.69) is 31.6 Å². The van der Waals surface area contributed by atoms with Crippen LogP contribution in [0.2, 0.25) is 0 Å². The number of hydrogen-bond acceptors (Lipinski definition) is 6. The van der Waals surface area contributed by atoms with Gasteiger partial charge >= 0.3 is 0 Å². The number of carbonyl (C=O) groups is 1. The molecular weight excluding hydrogens is 432 g/mol. The van der Waals surface area contributed by atoms with E-state index in [9.17, 15) is 9.59 Å². The van der Waals surface area contributed by atoms with Gasteiger partial charge in [0.1, 0.15) is 6.54 Å². The van der Waals surface area contributed by atoms with Gasteiger partial charge < -0.3 is 10.1 Å². The second kappa shape index (κ2) is 6.81. The van der Waals surface area contributed by atoms with Gasteiger partial charge in [-0.3, -0.25) is 9.59 Å². The minimum atomic E-state index is -0.333. The maximum Gasteiger partial charge on any atom is 0.279 e. The van der Waals surface area contributed by atoms with E-state index in [0.717, 1.165) is 19.6 Å². The molecule has 7 nitrogen and oxygen atoms in total. The van der Waals surface area contributed by atoms with Crippen LogP contribution < -0.4 is 10.9 Å². The number of nitrogens with zero attached hydrogens (tertiary/aromatic N) is 3. The van der Waals surface area contributed by atoms with E-state index in [0.29, 0.717) is 28.9 Å². The summed E-state index contributed by atoms with van der Waals surface area (Å²) in [5.74, 6) is -0.333. The summed E-state index contributed by atoms with van der Waals surface area (Å²) in [7, 11) is 0. The van der Waals surface area contributed by atoms with Crippen LogP contribution in [0.3, 0.4) is 0 Å². The molecule has 2 aromatic heterocycles. The fourth-order valence-electron chi connectivity index (χ4n) is 3.07. The van der Waals surface area contributed by atoms with Crippen LogP contribution in [0.4, 0.5) is 5.69 Å². The fourth-order valence-corrected chi connectivity index (χ4v) is 4.37. The van der Waals surface area contributed by atoms with Gasteiger partial charge in [0, 0.05) is 21.5 Å². The number of amides is 1. The number of nitrogens with one attached hydrogen (secondary N) is 1. The van der Waals surface area contributed by atoms with Gasteiger partial charge in [-0.2, -0.15) is 0 Å². The number of ether oxygens (including phenoxy) is 1. The third kappa shape index (κ3) is 3.67. The predicted molar refractivity (Wildman–Crippen MR) is 107 cm³/mol. The number of fused-ring (bicyclic) bond motifs is 3. The number of rotatable bonds is 3. The average molecular weight is 449 g/mol. The molecule has 0 aliphatic carbocycles. The van der Waals surface area contributed by atoms with Crippen molar-refractivity contribution >= 4 is 49.1 Å². The summed E-state index contributed by atoms with van der Waals surface area (Å²) in [5, 5.41) is 11.4. The van der Waals surface area contributed by atoms with Crippen LogP contribution in [0, 0.1) is 0 Å². The molecule has 0 unspecified atom stereocenters. The van der Waals surface area contributed by atoms with Gasteiger partial charge in [0.25, 0.3) is 5.56 Å². The maximum absolute atomic E-state index is 12.9. The molecule has 1 aliphatic rings. The van der Waals surface area contributed by atoms with Crippen LogP contribution in [0.1, 0.15) is 24.3 Å². The highest BCUT2D eigenvalue weighted by atomic mass is 79.9. The van der Waals surface area contributed by atoms with Crippen LogP contribution in [0.5, 0.6) is 0 Å². The lowest BCUT2D eigenvalue weighted by atomic mass is 9.94. The van der Waals surface area contributed by atoms with Crippen molar-refractivity contribution in [2.75, 3.05) is 5.32 Å². The van der Waals surface area contributed by atoms with Crippen LogP contribution in [-0.2, 0) is 29.1 Å². The van der Waals surface area contributed by atoms with Crippen LogP contribution in [-0.4, -0.2) is 26.5 Å². The van der Waals surface area contributed by atoms with E-state index in [1.807, 2.05) is 26.0 Å². The van der Waals surface area contributed by atoms with E-state index in [1.54, 1.807) is 12.1 Å². The first kappa shape index (κ1) is 18.3. The first-order valence-electron chi connectivity index (χ1n) is 8.40. The van der Waals surface area contributed by atoms with Crippen molar-refractivity contribution in [1.29, 1.82) is 0 Å². The van der Waals surface area contributed by atoms with E-state index in [-0.39, 0.29) is 23.6 Å². The van der Waals surface area contributed by atoms with Crippen molar-refractivity contribution in [2.24, 2.45) is 0 Å². The summed E-state index contributed by atoms with van der Waals surface area (Å²) in [6.07, 6.45) is 0.633. The third-order valence-corrected chi connectivity index (χ3v) is 6.00. The Hall–Kier alpha value is -2.10. The minimum Gasteiger partial charge on any atom is -0.370 e. The SMILES string of the molecule is CC1(C)Cc2c(sc3nnn(CC(=O)Nc4ccc(Br)cc4)c(=O)c23)CO1. The maximum atomic E-state index is 12.9. The molecule has 1 amide bonds. The quantitative estimate of drug-likeness (QED) is 0.664. The summed E-state index contributed by atoms with van der Waals surface area (Å²) in [4.78, 5) is 26.9. The molecule has 0 radical (unpaired) electrons. The normalized spacial score (nSPS) is 15.5. The minimum absolute atomic E-state index is 0.192. The second-order valence-electron chi connectivity index (χ2n) is 7.02. The Morgan fingerprint density at radius 3 is 2.85 bits per heavy atom. The molecule has 27 heavy (non-hydrogen) atoms. The number of hydrogen-bond donors (Lipinski definition) is 1. The third-order valence-electron chi connectivity index (χ3n) is 4.38. The zero-order valence-corrected chi connectivity index (χ0v) is 17.2. The molecule has 1 N–H and O–H groups in total. The average Bonchev–Trinajstić information content (AvgIpc) is 2.97. The molecule has 4 rings (SSSR count). The standard InChI is InChI=1S/C18H17BrN4O3S/c1-18(2)7-12-13(9-26-18)27-16-15(12)17(25)23(22-21-16)8-14(24)20-11-5-3-10(19)4-6-11/h3-6H,7-9H2,1-2H3,(H,20,24). The van der Waals surface area contributed by atoms with E-state index in [1.165, 1.54) is 11.3 Å². The van der Waals surface area contributed by atoms with Crippen molar-refractivity contribution in [3.8, 4) is 0 Å². The Morgan fingerprint density at radius 2 is 2.11 bits per heavy atom. The largest absolute Gasteiger partial charge is 0.370 e. The molecule has 3 aromatic rings. The number of halogens is 1. The Labute approximate surface area is 167 Å². The summed E-state index contributed by atoms with van der Waals surface area (Å²) in [6, 6.07) is 7.21. The van der Waals surface area contributed by atoms with Gasteiger partial charge in [-0.1, -0.05) is 21.1 Å². The molecule has 1 aromatic carbocycles. The fraction of sp³-hybridized carbons (Fsp3) is 0.333. The van der Waals surface area contributed by atoms with Crippen molar-refractivity contribution in [3.05, 3.63) is 49.5 Å². The lowest BCUT2D eigenvalue weighted by Gasteiger charge is -2.29. The van der Waals surface area contributed by atoms with E-state index < -0.39 is 0 Å². The van der Waals surface area contributed by atoms with Crippen LogP contribution >= 0.6 is 27.3 Å². The topological polar surface area (TPSA) is 86.1 Å². The number of aromatic nitrogens is 3. The summed E-state index contributed by atoms with van der Waals surface area (Å²) >= 11 is 4.78. The van der Waals surface area contributed by atoms with E-state index in [4.69, 9.17) is 4.74 Å². The van der Waals surface area contributed by atoms with Gasteiger partial charge in [0.15, 0.2) is 4.83 Å². The van der Waals surface area contributed by atoms with Crippen LogP contribution in [0.15, 0.2) is 33.5 Å². The first-order valence-corrected chi connectivity index (χ1v) is 10.0. The molecule has 0 bridgehead atoms. The van der Waals surface area contributed by atoms with Crippen molar-refractivity contribution in [2.45, 2.75) is 39.0 Å². The smallest absolute Gasteiger partial charge is 0.279 e. The zero-order chi connectivity index (χ0) is 19.2. The summed E-state index contributed by atoms with van der Waals surface area (Å²) in [6.45, 7) is 4.27. The molecule has 0 fully saturated rings. The lowest BCUT2D eigenvalue weighted by Crippen LogP contribution is -2.33. The Bertz CT molecular complexity index is 1090. The highest BCUT2D eigenvalue weighted by Crippen LogP contribution is 2.36. The van der Waals surface area contributed by atoms with Crippen molar-refractivity contribution < 1.29 is 9.53 Å². The van der Waals surface area contributed by atoms with E-state index >= 15 is 0 Å². The van der Waals surface area contributed by atoms with Crippen molar-refractivity contribution in [1.82, 2.24) is 15.0 Å². The Kier molecular flexibility index (Phi) is 4.61. The highest BCUT2D eigenvalue weighted by Gasteiger charge is 2.31. The number of carbonyl (C=O) groups excluding carboxylic acids is 1. The van der Waals surface area contributed by atoms with Gasteiger partial charge in [-0.25, -0.2) is 4.68 Å². The van der Waals surface area contributed by atoms with Gasteiger partial charge in [-0.15, -0.1) is 16.4 Å². The number of thiophene rings is 1. The molecule has 1 aliphatic heterocycles. The molecule has 140 valence electrons. The number of benzene rings is 1. The van der Waals surface area contributed by atoms with Gasteiger partial charge in [0.05, 0.1) is 17.6 Å². The molecule has 3 heterocycles. The zero-order valence-electron chi connectivity index (χ0n) is 14.8. The second-order valence-corrected chi connectivity index (χ2v) is 9.02.